The van der Waals surface area contributed by atoms with Crippen LogP contribution in [0.1, 0.15) is 104 Å². The number of nitrogens with one attached hydrogen (secondary N) is 20. The van der Waals surface area contributed by atoms with E-state index in [0.29, 0.717) is 45.0 Å². The third-order valence-corrected chi connectivity index (χ3v) is 16.1. The van der Waals surface area contributed by atoms with Gasteiger partial charge in [-0.2, -0.15) is 4.98 Å². The van der Waals surface area contributed by atoms with Crippen molar-refractivity contribution in [3.05, 3.63) is 318 Å². The van der Waals surface area contributed by atoms with E-state index < -0.39 is 177 Å². The molecule has 0 atom stereocenters. The Morgan fingerprint density at radius 3 is 0.862 bits per heavy atom. The molecular formula is C74H67N21O28. The number of rotatable bonds is 15. The standard InChI is InChI=1S/C14H13N3O5.C13H13N3O4.2C12H11N3O5.C12H11N3O4.C11H8N6O5/c1-7(18)6-8-2-4-9(5-3-8)15-11(19)10-12(20)16-14(22)17-13(10)21;1-2-7-3-5-8(6-4-7)14-10(17)9-11(18)15-13(20)16-12(9)19;2*1-5-4-6(2-3-7(5)16)13-9(17)8-10(18)14-12(20)15-11(8)19;1-6-2-4-7(5-3-6)13-9(16)8-10(17)14-12(19)15-11(8)18;18-6-3-1-2-12-5(3)13-10(14-6)15-7(19)4-8(20)16-11(22)17-9(4)21/h2-5H,6H2,1H3,(H,15,19)(H3,16,17,20,21,22);3-6H,2H2,1H3,(H,14,17)(H3,15,16,18,19,20);2*2-4,16H,1H3,(H,13,17)(H3,14,15,18,19,20);2-5H,1H3,(H,13,16)(H3,14,15,17,18,19);1-2H,(H3,16,17,20,21,22)(H3,12,13,14,15,18,19). The molecule has 123 heavy (non-hydrogen) atoms. The van der Waals surface area contributed by atoms with Crippen molar-refractivity contribution in [1.29, 1.82) is 0 Å². The van der Waals surface area contributed by atoms with E-state index in [2.05, 4.69) is 46.9 Å². The fourth-order valence-electron chi connectivity index (χ4n) is 10.2. The predicted molar refractivity (Wildman–Crippen MR) is 434 cm³/mol. The number of hydrogen-bond acceptors (Lipinski definition) is 29. The number of fused-ring (bicyclic) bond motifs is 1. The summed E-state index contributed by atoms with van der Waals surface area (Å²) in [6, 6.07) is 30.5. The summed E-state index contributed by atoms with van der Waals surface area (Å²) in [5.41, 5.74) is -9.32. The number of Topliss-reactive ketones (excluding diaryl/α,β-unsaturated/α-hetero) is 1. The fourth-order valence-corrected chi connectivity index (χ4v) is 10.2. The van der Waals surface area contributed by atoms with E-state index in [1.807, 2.05) is 80.8 Å². The highest BCUT2D eigenvalue weighted by atomic mass is 16.3. The Morgan fingerprint density at radius 1 is 0.317 bits per heavy atom. The first-order valence-corrected chi connectivity index (χ1v) is 34.7. The summed E-state index contributed by atoms with van der Waals surface area (Å²) in [4.78, 5) is 260. The topological polar surface area (TPSA) is 809 Å². The van der Waals surface area contributed by atoms with Crippen LogP contribution in [0.5, 0.6) is 46.8 Å². The highest BCUT2D eigenvalue weighted by Gasteiger charge is 2.24. The van der Waals surface area contributed by atoms with E-state index >= 15 is 0 Å². The molecule has 13 rings (SSSR count). The maximum Gasteiger partial charge on any atom is 0.328 e. The molecule has 13 aromatic rings. The maximum absolute atomic E-state index is 12.0. The highest BCUT2D eigenvalue weighted by Crippen LogP contribution is 2.24. The van der Waals surface area contributed by atoms with Crippen molar-refractivity contribution in [1.82, 2.24) is 74.8 Å². The molecule has 0 saturated heterocycles. The van der Waals surface area contributed by atoms with Gasteiger partial charge in [-0.3, -0.25) is 137 Å². The Bertz CT molecular complexity index is 6980. The number of amides is 6. The van der Waals surface area contributed by atoms with E-state index in [0.717, 1.165) is 23.1 Å². The van der Waals surface area contributed by atoms with Crippen molar-refractivity contribution in [3.63, 3.8) is 0 Å². The number of anilines is 6. The van der Waals surface area contributed by atoms with E-state index in [4.69, 9.17) is 0 Å². The summed E-state index contributed by atoms with van der Waals surface area (Å²) in [5.74, 6) is -10.2. The molecule has 0 saturated carbocycles. The van der Waals surface area contributed by atoms with Gasteiger partial charge in [0, 0.05) is 41.1 Å². The fraction of sp³-hybridized carbons (Fsp3) is 0.0946. The van der Waals surface area contributed by atoms with Gasteiger partial charge in [-0.05, 0) is 135 Å². The van der Waals surface area contributed by atoms with Gasteiger partial charge in [0.05, 0.1) is 5.39 Å². The first-order valence-electron chi connectivity index (χ1n) is 34.7. The van der Waals surface area contributed by atoms with Crippen molar-refractivity contribution < 1.29 is 74.4 Å². The monoisotopic (exact) mass is 1700 g/mol. The number of aromatic nitrogens is 15. The van der Waals surface area contributed by atoms with E-state index in [1.165, 1.54) is 55.6 Å². The minimum Gasteiger partial charge on any atom is -0.508 e. The zero-order valence-corrected chi connectivity index (χ0v) is 63.7. The van der Waals surface area contributed by atoms with Gasteiger partial charge in [0.25, 0.3) is 74.4 Å². The van der Waals surface area contributed by atoms with Crippen LogP contribution < -0.4 is 105 Å². The minimum absolute atomic E-state index is 0.0153. The lowest BCUT2D eigenvalue weighted by Gasteiger charge is -2.07. The Labute approximate surface area is 677 Å². The van der Waals surface area contributed by atoms with Crippen molar-refractivity contribution in [2.75, 3.05) is 31.9 Å². The van der Waals surface area contributed by atoms with Gasteiger partial charge >= 0.3 is 34.1 Å². The number of phenols is 2. The first-order chi connectivity index (χ1) is 58.1. The smallest absolute Gasteiger partial charge is 0.328 e. The zero-order valence-electron chi connectivity index (χ0n) is 63.7. The molecule has 0 aliphatic carbocycles. The molecule has 49 heteroatoms. The molecule has 5 aromatic carbocycles. The van der Waals surface area contributed by atoms with Crippen LogP contribution in [0.4, 0.5) is 34.4 Å². The molecule has 0 bridgehead atoms. The van der Waals surface area contributed by atoms with Crippen LogP contribution in [-0.4, -0.2) is 157 Å². The molecule has 0 spiro atoms. The molecular weight excluding hydrogens is 1630 g/mol. The second-order valence-corrected chi connectivity index (χ2v) is 25.2. The molecule has 0 radical (unpaired) electrons. The van der Waals surface area contributed by atoms with Gasteiger partial charge in [-0.15, -0.1) is 0 Å². The third-order valence-electron chi connectivity index (χ3n) is 16.1. The quantitative estimate of drug-likeness (QED) is 0.0587. The van der Waals surface area contributed by atoms with E-state index in [9.17, 15) is 137 Å². The zero-order chi connectivity index (χ0) is 90.5. The lowest BCUT2D eigenvalue weighted by Crippen LogP contribution is -2.30. The number of carbonyl (C=O) groups excluding carboxylic acids is 7. The average molecular weight is 1700 g/mol. The Morgan fingerprint density at radius 2 is 0.585 bits per heavy atom. The van der Waals surface area contributed by atoms with Crippen LogP contribution in [-0.2, 0) is 17.6 Å². The van der Waals surface area contributed by atoms with Crippen molar-refractivity contribution >= 4 is 86.6 Å². The average Bonchev–Trinajstić information content (AvgIpc) is 0.976. The number of phenolic OH excluding ortho intramolecular Hbond substituents is 2. The molecule has 28 N–H and O–H groups in total. The maximum atomic E-state index is 12.0. The van der Waals surface area contributed by atoms with Gasteiger partial charge in [-0.1, -0.05) is 48.9 Å². The molecule has 0 aliphatic heterocycles. The predicted octanol–water partition coefficient (Wildman–Crippen LogP) is -0.278. The normalized spacial score (nSPS) is 10.3. The summed E-state index contributed by atoms with van der Waals surface area (Å²) < 4.78 is 0. The van der Waals surface area contributed by atoms with E-state index in [-0.39, 0.29) is 35.3 Å². The SMILES string of the molecule is CC(=O)Cc1ccc(NC(=O)c2c(O)[nH]c(=O)[nH]c2=O)cc1.CCc1ccc(NC(=O)c2c(O)[nH]c(=O)[nH]c2=O)cc1.Cc1cc(NC(=O)c2c(O)[nH]c(=O)[nH]c2=O)ccc1O.Cc1cc(NC(=O)c2c(O)[nH]c(=O)[nH]c2=O)ccc1O.Cc1ccc(NC(=O)c2c(O)[nH]c(=O)[nH]c2=O)cc1.O=C(Nc1nc2[nH]ccc2c(=O)[nH]1)c1c(O)[nH]c(=O)[nH]c1=O. The Balaban J connectivity index is 0.000000183. The second kappa shape index (κ2) is 39.7. The third kappa shape index (κ3) is 24.3. The number of aromatic amines is 14. The van der Waals surface area contributed by atoms with Crippen LogP contribution in [0.25, 0.3) is 11.0 Å². The largest absolute Gasteiger partial charge is 0.508 e. The van der Waals surface area contributed by atoms with Gasteiger partial charge in [0.1, 0.15) is 22.9 Å². The number of hydrogen-bond donors (Lipinski definition) is 28. The number of carbonyl (C=O) groups is 7. The number of H-pyrrole nitrogens is 14. The summed E-state index contributed by atoms with van der Waals surface area (Å²) in [5, 5.41) is 90.0. The lowest BCUT2D eigenvalue weighted by atomic mass is 10.1. The molecule has 0 unspecified atom stereocenters. The lowest BCUT2D eigenvalue weighted by molar-refractivity contribution is -0.116. The van der Waals surface area contributed by atoms with E-state index in [1.54, 1.807) is 79.5 Å². The number of aryl methyl sites for hydroxylation is 4. The van der Waals surface area contributed by atoms with Gasteiger partial charge < -0.3 is 72.4 Å². The van der Waals surface area contributed by atoms with Crippen LogP contribution in [0.3, 0.4) is 0 Å². The first kappa shape index (κ1) is 90.0. The number of nitrogens with zero attached hydrogens (tertiary/aromatic N) is 1. The van der Waals surface area contributed by atoms with Crippen molar-refractivity contribution in [3.8, 4) is 46.8 Å². The number of aromatic hydroxyl groups is 8. The Kier molecular flexibility index (Phi) is 29.1. The van der Waals surface area contributed by atoms with Crippen molar-refractivity contribution in [2.45, 2.75) is 47.5 Å². The van der Waals surface area contributed by atoms with Crippen molar-refractivity contribution in [2.24, 2.45) is 0 Å². The second-order valence-electron chi connectivity index (χ2n) is 25.2. The number of ketones is 1. The minimum atomic E-state index is -1.08. The van der Waals surface area contributed by atoms with Crippen LogP contribution in [0.2, 0.25) is 0 Å². The summed E-state index contributed by atoms with van der Waals surface area (Å²) in [6.07, 6.45) is 2.65. The van der Waals surface area contributed by atoms with Crippen LogP contribution >= 0.6 is 0 Å². The Hall–Kier alpha value is -18.5. The molecule has 6 amide bonds. The summed E-state index contributed by atoms with van der Waals surface area (Å²) >= 11 is 0. The molecule has 8 heterocycles. The van der Waals surface area contributed by atoms with Gasteiger partial charge in [0.15, 0.2) is 33.4 Å². The molecule has 8 aromatic heterocycles. The molecule has 49 nitrogen and oxygen atoms in total. The summed E-state index contributed by atoms with van der Waals surface area (Å²) in [7, 11) is 0. The van der Waals surface area contributed by atoms with Crippen LogP contribution in [0.15, 0.2) is 184 Å². The highest BCUT2D eigenvalue weighted by molar-refractivity contribution is 6.09. The van der Waals surface area contributed by atoms with Gasteiger partial charge in [-0.25, -0.2) is 28.8 Å². The van der Waals surface area contributed by atoms with Crippen LogP contribution in [0, 0.1) is 20.8 Å². The summed E-state index contributed by atoms with van der Waals surface area (Å²) in [6.45, 7) is 8.64. The molecule has 636 valence electrons. The molecule has 0 fully saturated rings. The molecule has 0 aliphatic rings. The number of benzene rings is 5. The van der Waals surface area contributed by atoms with Gasteiger partial charge in [0.2, 0.25) is 41.2 Å².